The van der Waals surface area contributed by atoms with Crippen molar-refractivity contribution in [3.8, 4) is 0 Å². The van der Waals surface area contributed by atoms with Crippen molar-refractivity contribution in [3.63, 3.8) is 0 Å². The molecule has 1 fully saturated rings. The Kier molecular flexibility index (Phi) is 3.87. The molecule has 0 bridgehead atoms. The Bertz CT molecular complexity index is 482. The lowest BCUT2D eigenvalue weighted by Gasteiger charge is -2.33. The molecule has 1 saturated heterocycles. The first-order valence-corrected chi connectivity index (χ1v) is 7.37. The summed E-state index contributed by atoms with van der Waals surface area (Å²) in [4.78, 5) is 2.30. The van der Waals surface area contributed by atoms with E-state index in [-0.39, 0.29) is 17.2 Å². The first-order chi connectivity index (χ1) is 9.15. The Hall–Kier alpha value is -1.06. The topological polar surface area (TPSA) is 38.5 Å². The molecule has 0 aromatic heterocycles. The van der Waals surface area contributed by atoms with E-state index in [1.165, 1.54) is 11.3 Å². The molecule has 0 spiro atoms. The zero-order chi connectivity index (χ0) is 15.1. The standard InChI is InChI=1S/C17H28N2O/c1-12-9-7-8-10-14(12)19(6)11-13-15(18)17(4,5)20-16(13,2)3/h7-10,13,15H,11,18H2,1-6H3. The Balaban J connectivity index is 2.19. The fourth-order valence-electron chi connectivity index (χ4n) is 3.46. The highest BCUT2D eigenvalue weighted by Gasteiger charge is 2.52. The molecule has 20 heavy (non-hydrogen) atoms. The number of anilines is 1. The Morgan fingerprint density at radius 3 is 2.25 bits per heavy atom. The second kappa shape index (κ2) is 5.05. The number of ether oxygens (including phenoxy) is 1. The van der Waals surface area contributed by atoms with Gasteiger partial charge in [0.25, 0.3) is 0 Å². The highest BCUT2D eigenvalue weighted by Crippen LogP contribution is 2.41. The SMILES string of the molecule is Cc1ccccc1N(C)CC1C(N)C(C)(C)OC1(C)C. The maximum Gasteiger partial charge on any atom is 0.0788 e. The number of para-hydroxylation sites is 1. The second-order valence-corrected chi connectivity index (χ2v) is 7.11. The Morgan fingerprint density at radius 2 is 1.75 bits per heavy atom. The quantitative estimate of drug-likeness (QED) is 0.922. The van der Waals surface area contributed by atoms with Crippen molar-refractivity contribution < 1.29 is 4.74 Å². The van der Waals surface area contributed by atoms with Gasteiger partial charge in [0, 0.05) is 31.2 Å². The summed E-state index contributed by atoms with van der Waals surface area (Å²) in [6.07, 6.45) is 0. The molecule has 0 radical (unpaired) electrons. The number of hydrogen-bond donors (Lipinski definition) is 1. The van der Waals surface area contributed by atoms with Gasteiger partial charge in [-0.15, -0.1) is 0 Å². The minimum Gasteiger partial charge on any atom is -0.374 e. The van der Waals surface area contributed by atoms with Gasteiger partial charge in [-0.25, -0.2) is 0 Å². The van der Waals surface area contributed by atoms with E-state index in [1.54, 1.807) is 0 Å². The highest BCUT2D eigenvalue weighted by molar-refractivity contribution is 5.52. The third-order valence-electron chi connectivity index (χ3n) is 4.65. The van der Waals surface area contributed by atoms with Crippen LogP contribution in [0.3, 0.4) is 0 Å². The summed E-state index contributed by atoms with van der Waals surface area (Å²) in [6.45, 7) is 11.5. The molecule has 3 nitrogen and oxygen atoms in total. The maximum atomic E-state index is 6.45. The van der Waals surface area contributed by atoms with Gasteiger partial charge in [0.2, 0.25) is 0 Å². The fourth-order valence-corrected chi connectivity index (χ4v) is 3.46. The van der Waals surface area contributed by atoms with E-state index >= 15 is 0 Å². The van der Waals surface area contributed by atoms with Gasteiger partial charge in [-0.3, -0.25) is 0 Å². The molecule has 2 N–H and O–H groups in total. The van der Waals surface area contributed by atoms with Crippen LogP contribution in [0.5, 0.6) is 0 Å². The van der Waals surface area contributed by atoms with Crippen LogP contribution in [-0.4, -0.2) is 30.8 Å². The molecule has 1 aromatic carbocycles. The highest BCUT2D eigenvalue weighted by atomic mass is 16.5. The van der Waals surface area contributed by atoms with E-state index in [2.05, 4.69) is 70.8 Å². The fraction of sp³-hybridized carbons (Fsp3) is 0.647. The average Bonchev–Trinajstić information content (AvgIpc) is 2.48. The average molecular weight is 276 g/mol. The molecule has 1 aliphatic rings. The summed E-state index contributed by atoms with van der Waals surface area (Å²) in [5.41, 5.74) is 8.54. The number of benzene rings is 1. The molecular formula is C17H28N2O. The van der Waals surface area contributed by atoms with E-state index < -0.39 is 0 Å². The largest absolute Gasteiger partial charge is 0.374 e. The normalized spacial score (nSPS) is 27.6. The van der Waals surface area contributed by atoms with Crippen molar-refractivity contribution in [2.45, 2.75) is 51.9 Å². The summed E-state index contributed by atoms with van der Waals surface area (Å²) in [5, 5.41) is 0. The first kappa shape index (κ1) is 15.3. The van der Waals surface area contributed by atoms with Gasteiger partial charge < -0.3 is 15.4 Å². The van der Waals surface area contributed by atoms with Gasteiger partial charge in [-0.05, 0) is 46.2 Å². The smallest absolute Gasteiger partial charge is 0.0788 e. The molecule has 2 rings (SSSR count). The van der Waals surface area contributed by atoms with E-state index in [9.17, 15) is 0 Å². The van der Waals surface area contributed by atoms with Gasteiger partial charge in [0.1, 0.15) is 0 Å². The second-order valence-electron chi connectivity index (χ2n) is 7.11. The number of nitrogens with zero attached hydrogens (tertiary/aromatic N) is 1. The number of rotatable bonds is 3. The van der Waals surface area contributed by atoms with Crippen LogP contribution in [0.1, 0.15) is 33.3 Å². The zero-order valence-corrected chi connectivity index (χ0v) is 13.6. The van der Waals surface area contributed by atoms with Gasteiger partial charge in [0.15, 0.2) is 0 Å². The van der Waals surface area contributed by atoms with Gasteiger partial charge in [0.05, 0.1) is 11.2 Å². The van der Waals surface area contributed by atoms with Crippen molar-refractivity contribution >= 4 is 5.69 Å². The van der Waals surface area contributed by atoms with E-state index in [0.717, 1.165) is 6.54 Å². The van der Waals surface area contributed by atoms with Crippen LogP contribution in [0.15, 0.2) is 24.3 Å². The number of nitrogens with two attached hydrogens (primary N) is 1. The molecular weight excluding hydrogens is 248 g/mol. The third-order valence-corrected chi connectivity index (χ3v) is 4.65. The molecule has 1 aliphatic heterocycles. The molecule has 1 heterocycles. The summed E-state index contributed by atoms with van der Waals surface area (Å²) in [5.74, 6) is 0.308. The van der Waals surface area contributed by atoms with Gasteiger partial charge in [-0.2, -0.15) is 0 Å². The molecule has 2 unspecified atom stereocenters. The molecule has 0 amide bonds. The van der Waals surface area contributed by atoms with Crippen LogP contribution in [0.2, 0.25) is 0 Å². The summed E-state index contributed by atoms with van der Waals surface area (Å²) in [6, 6.07) is 8.51. The van der Waals surface area contributed by atoms with Crippen LogP contribution in [0.4, 0.5) is 5.69 Å². The number of hydrogen-bond acceptors (Lipinski definition) is 3. The van der Waals surface area contributed by atoms with Crippen LogP contribution < -0.4 is 10.6 Å². The summed E-state index contributed by atoms with van der Waals surface area (Å²) >= 11 is 0. The summed E-state index contributed by atoms with van der Waals surface area (Å²) in [7, 11) is 2.14. The van der Waals surface area contributed by atoms with Gasteiger partial charge >= 0.3 is 0 Å². The predicted octanol–water partition coefficient (Wildman–Crippen LogP) is 2.96. The third kappa shape index (κ3) is 2.70. The lowest BCUT2D eigenvalue weighted by Crippen LogP contribution is -2.47. The Morgan fingerprint density at radius 1 is 1.15 bits per heavy atom. The minimum atomic E-state index is -0.263. The van der Waals surface area contributed by atoms with E-state index in [4.69, 9.17) is 10.5 Å². The zero-order valence-electron chi connectivity index (χ0n) is 13.6. The molecule has 2 atom stereocenters. The first-order valence-electron chi connectivity index (χ1n) is 7.37. The lowest BCUT2D eigenvalue weighted by molar-refractivity contribution is -0.0756. The van der Waals surface area contributed by atoms with Crippen LogP contribution >= 0.6 is 0 Å². The van der Waals surface area contributed by atoms with Crippen LogP contribution in [-0.2, 0) is 4.74 Å². The monoisotopic (exact) mass is 276 g/mol. The molecule has 0 aliphatic carbocycles. The lowest BCUT2D eigenvalue weighted by atomic mass is 9.82. The van der Waals surface area contributed by atoms with E-state index in [0.29, 0.717) is 5.92 Å². The predicted molar refractivity (Wildman–Crippen MR) is 85.2 cm³/mol. The van der Waals surface area contributed by atoms with Crippen molar-refractivity contribution in [1.29, 1.82) is 0 Å². The molecule has 0 saturated carbocycles. The molecule has 1 aromatic rings. The maximum absolute atomic E-state index is 6.45. The summed E-state index contributed by atoms with van der Waals surface area (Å²) < 4.78 is 6.18. The van der Waals surface area contributed by atoms with Crippen molar-refractivity contribution in [2.75, 3.05) is 18.5 Å². The molecule has 112 valence electrons. The van der Waals surface area contributed by atoms with E-state index in [1.807, 2.05) is 0 Å². The van der Waals surface area contributed by atoms with Crippen molar-refractivity contribution in [2.24, 2.45) is 11.7 Å². The Labute approximate surface area is 123 Å². The van der Waals surface area contributed by atoms with Crippen LogP contribution in [0.25, 0.3) is 0 Å². The van der Waals surface area contributed by atoms with Crippen LogP contribution in [0, 0.1) is 12.8 Å². The molecule has 3 heteroatoms. The van der Waals surface area contributed by atoms with Gasteiger partial charge in [-0.1, -0.05) is 18.2 Å². The number of aryl methyl sites for hydroxylation is 1. The minimum absolute atomic E-state index is 0.0453. The van der Waals surface area contributed by atoms with Crippen molar-refractivity contribution in [1.82, 2.24) is 0 Å². The van der Waals surface area contributed by atoms with Crippen molar-refractivity contribution in [3.05, 3.63) is 29.8 Å².